The third kappa shape index (κ3) is 1.42. The minimum absolute atomic E-state index is 0.0743. The lowest BCUT2D eigenvalue weighted by molar-refractivity contribution is -0.355. The van der Waals surface area contributed by atoms with E-state index in [0.717, 1.165) is 12.8 Å². The predicted octanol–water partition coefficient (Wildman–Crippen LogP) is 3.22. The number of nitrogens with one attached hydrogen (secondary N) is 1. The Bertz CT molecular complexity index is 963. The molecule has 4 bridgehead atoms. The van der Waals surface area contributed by atoms with Gasteiger partial charge in [-0.05, 0) is 30.5 Å². The van der Waals surface area contributed by atoms with Gasteiger partial charge in [0.2, 0.25) is 11.7 Å². The van der Waals surface area contributed by atoms with E-state index in [1.54, 1.807) is 12.1 Å². The second kappa shape index (κ2) is 4.69. The van der Waals surface area contributed by atoms with Gasteiger partial charge < -0.3 is 9.47 Å². The normalized spacial score (nSPS) is 42.3. The molecule has 6 rings (SSSR count). The second-order valence-electron chi connectivity index (χ2n) is 7.37. The minimum atomic E-state index is -1.57. The Morgan fingerprint density at radius 1 is 1.23 bits per heavy atom. The van der Waals surface area contributed by atoms with E-state index < -0.39 is 34.5 Å². The van der Waals surface area contributed by atoms with Gasteiger partial charge in [-0.15, -0.1) is 0 Å². The smallest absolute Gasteiger partial charge is 0.218 e. The first-order chi connectivity index (χ1) is 12.5. The van der Waals surface area contributed by atoms with Crippen LogP contribution in [0, 0.1) is 50.6 Å². The number of rotatable bonds is 1. The van der Waals surface area contributed by atoms with E-state index in [-0.39, 0.29) is 11.7 Å². The van der Waals surface area contributed by atoms with E-state index in [1.807, 2.05) is 0 Å². The lowest BCUT2D eigenvalue weighted by Crippen LogP contribution is -2.72. The van der Waals surface area contributed by atoms with Crippen molar-refractivity contribution in [3.05, 3.63) is 35.6 Å². The van der Waals surface area contributed by atoms with Crippen molar-refractivity contribution in [1.82, 2.24) is 0 Å². The Hall–Kier alpha value is -2.77. The van der Waals surface area contributed by atoms with E-state index in [0.29, 0.717) is 18.4 Å². The Morgan fingerprint density at radius 3 is 2.77 bits per heavy atom. The number of hydrogen-bond donors (Lipinski definition) is 1. The molecular weight excluding hydrogens is 335 g/mol. The summed E-state index contributed by atoms with van der Waals surface area (Å²) >= 11 is 0. The number of hydrogen-bond acceptors (Lipinski definition) is 5. The number of ether oxygens (including phenoxy) is 2. The molecule has 26 heavy (non-hydrogen) atoms. The molecule has 7 heteroatoms. The van der Waals surface area contributed by atoms with Crippen molar-refractivity contribution in [3.63, 3.8) is 0 Å². The van der Waals surface area contributed by atoms with Crippen LogP contribution < -0.4 is 0 Å². The van der Waals surface area contributed by atoms with Crippen LogP contribution in [0.2, 0.25) is 0 Å². The van der Waals surface area contributed by atoms with Crippen molar-refractivity contribution in [1.29, 1.82) is 15.9 Å². The van der Waals surface area contributed by atoms with Crippen molar-refractivity contribution in [2.24, 2.45) is 21.7 Å². The van der Waals surface area contributed by atoms with Crippen molar-refractivity contribution >= 4 is 11.7 Å². The van der Waals surface area contributed by atoms with E-state index in [4.69, 9.17) is 14.9 Å². The van der Waals surface area contributed by atoms with Crippen LogP contribution >= 0.6 is 0 Å². The second-order valence-corrected chi connectivity index (χ2v) is 7.37. The van der Waals surface area contributed by atoms with Gasteiger partial charge in [0, 0.05) is 6.42 Å². The molecule has 3 saturated heterocycles. The number of fused-ring (bicyclic) bond motifs is 1. The summed E-state index contributed by atoms with van der Waals surface area (Å²) in [6.45, 7) is 0. The fraction of sp³-hybridized carbons (Fsp3) is 0.474. The number of amidine groups is 1. The monoisotopic (exact) mass is 350 g/mol. The van der Waals surface area contributed by atoms with Crippen LogP contribution in [0.5, 0.6) is 0 Å². The highest BCUT2D eigenvalue weighted by molar-refractivity contribution is 6.12. The zero-order valence-electron chi connectivity index (χ0n) is 13.8. The van der Waals surface area contributed by atoms with Gasteiger partial charge in [-0.25, -0.2) is 4.39 Å². The molecule has 1 aromatic carbocycles. The highest BCUT2D eigenvalue weighted by Gasteiger charge is 2.83. The zero-order chi connectivity index (χ0) is 18.2. The third-order valence-corrected chi connectivity index (χ3v) is 6.35. The van der Waals surface area contributed by atoms with Gasteiger partial charge in [0.05, 0.1) is 18.1 Å². The van der Waals surface area contributed by atoms with E-state index in [2.05, 4.69) is 17.1 Å². The summed E-state index contributed by atoms with van der Waals surface area (Å²) in [6, 6.07) is 10.3. The quantitative estimate of drug-likeness (QED) is 0.840. The molecule has 4 aliphatic heterocycles. The molecule has 1 aromatic rings. The molecule has 0 radical (unpaired) electrons. The van der Waals surface area contributed by atoms with Gasteiger partial charge in [-0.3, -0.25) is 5.41 Å². The molecule has 1 saturated carbocycles. The molecule has 0 amide bonds. The van der Waals surface area contributed by atoms with Crippen LogP contribution in [-0.4, -0.2) is 17.5 Å². The number of nitriles is 2. The van der Waals surface area contributed by atoms with Crippen molar-refractivity contribution in [2.45, 2.75) is 37.6 Å². The average molecular weight is 350 g/mol. The van der Waals surface area contributed by atoms with Crippen LogP contribution in [0.1, 0.15) is 37.4 Å². The number of benzene rings is 1. The summed E-state index contributed by atoms with van der Waals surface area (Å²) in [5.74, 6) is -2.05. The predicted molar refractivity (Wildman–Crippen MR) is 87.3 cm³/mol. The Balaban J connectivity index is 1.82. The molecule has 4 fully saturated rings. The van der Waals surface area contributed by atoms with Crippen molar-refractivity contribution in [2.75, 3.05) is 0 Å². The number of halogens is 1. The third-order valence-electron chi connectivity index (χ3n) is 6.35. The van der Waals surface area contributed by atoms with Gasteiger partial charge >= 0.3 is 0 Å². The molecule has 5 aliphatic rings. The number of nitrogens with zero attached hydrogens (tertiary/aromatic N) is 3. The van der Waals surface area contributed by atoms with Gasteiger partial charge in [-0.2, -0.15) is 15.5 Å². The van der Waals surface area contributed by atoms with Crippen LogP contribution in [0.15, 0.2) is 29.3 Å². The van der Waals surface area contributed by atoms with Gasteiger partial charge in [0.15, 0.2) is 10.8 Å². The SMILES string of the molecule is N#C[C@@]12C3=NC(=N)[C@@]1(C#N)[C@@H]1CCCC[C@@]1(O3)O[C@@H]2c1cccc(F)c1. The first-order valence-electron chi connectivity index (χ1n) is 8.67. The topological polar surface area (TPSA) is 102 Å². The Labute approximate surface area is 149 Å². The van der Waals surface area contributed by atoms with Crippen molar-refractivity contribution in [3.8, 4) is 12.1 Å². The zero-order valence-corrected chi connectivity index (χ0v) is 13.8. The molecule has 6 nitrogen and oxygen atoms in total. The summed E-state index contributed by atoms with van der Waals surface area (Å²) < 4.78 is 26.3. The average Bonchev–Trinajstić information content (AvgIpc) is 2.84. The van der Waals surface area contributed by atoms with Crippen LogP contribution in [0.3, 0.4) is 0 Å². The summed E-state index contributed by atoms with van der Waals surface area (Å²) in [5.41, 5.74) is -2.55. The molecule has 4 heterocycles. The molecule has 5 atom stereocenters. The summed E-state index contributed by atoms with van der Waals surface area (Å²) in [4.78, 5) is 4.20. The van der Waals surface area contributed by atoms with Crippen LogP contribution in [0.25, 0.3) is 0 Å². The highest BCUT2D eigenvalue weighted by Crippen LogP contribution is 2.72. The van der Waals surface area contributed by atoms with E-state index >= 15 is 0 Å². The van der Waals surface area contributed by atoms with E-state index in [1.165, 1.54) is 12.1 Å². The first-order valence-corrected chi connectivity index (χ1v) is 8.67. The molecular formula is C19H15FN4O2. The minimum Gasteiger partial charge on any atom is -0.447 e. The van der Waals surface area contributed by atoms with E-state index in [9.17, 15) is 14.9 Å². The fourth-order valence-corrected chi connectivity index (χ4v) is 5.30. The molecule has 0 aromatic heterocycles. The molecule has 1 aliphatic carbocycles. The molecule has 130 valence electrons. The van der Waals surface area contributed by atoms with Crippen LogP contribution in [0.4, 0.5) is 4.39 Å². The summed E-state index contributed by atoms with van der Waals surface area (Å²) in [5, 5.41) is 28.9. The molecule has 0 unspecified atom stereocenters. The Morgan fingerprint density at radius 2 is 2.04 bits per heavy atom. The Kier molecular flexibility index (Phi) is 2.79. The molecule has 1 N–H and O–H groups in total. The highest BCUT2D eigenvalue weighted by atomic mass is 19.1. The van der Waals surface area contributed by atoms with Crippen LogP contribution in [-0.2, 0) is 9.47 Å². The number of aliphatic imine (C=N–C) groups is 1. The summed E-state index contributed by atoms with van der Waals surface area (Å²) in [6.07, 6.45) is 2.00. The maximum atomic E-state index is 13.9. The fourth-order valence-electron chi connectivity index (χ4n) is 5.30. The van der Waals surface area contributed by atoms with Gasteiger partial charge in [-0.1, -0.05) is 18.6 Å². The lowest BCUT2D eigenvalue weighted by Gasteiger charge is -2.63. The maximum Gasteiger partial charge on any atom is 0.218 e. The maximum absolute atomic E-state index is 13.9. The van der Waals surface area contributed by atoms with Crippen molar-refractivity contribution < 1.29 is 13.9 Å². The van der Waals surface area contributed by atoms with Gasteiger partial charge in [0.25, 0.3) is 0 Å². The summed E-state index contributed by atoms with van der Waals surface area (Å²) in [7, 11) is 0. The largest absolute Gasteiger partial charge is 0.447 e. The molecule has 1 spiro atoms. The van der Waals surface area contributed by atoms with Gasteiger partial charge in [0.1, 0.15) is 17.8 Å². The lowest BCUT2D eigenvalue weighted by atomic mass is 9.48. The first kappa shape index (κ1) is 15.5. The standard InChI is InChI=1S/C19H15FN4O2/c20-12-5-3-4-11(8-12)14-18(10-22)16-24-15(23)17(18,9-21)13-6-1-2-7-19(13,25-14)26-16/h3-5,8,13-14,23H,1-2,6-7H2/t13-,14+,17+,18+,19-/m0/s1.